The third-order valence-corrected chi connectivity index (χ3v) is 3.88. The Morgan fingerprint density at radius 3 is 2.63 bits per heavy atom. The van der Waals surface area contributed by atoms with Crippen molar-refractivity contribution in [3.05, 3.63) is 47.7 Å². The Bertz CT molecular complexity index is 802. The molecule has 2 aromatic rings. The van der Waals surface area contributed by atoms with E-state index in [2.05, 4.69) is 15.0 Å². The second kappa shape index (κ2) is 8.89. The van der Waals surface area contributed by atoms with Crippen molar-refractivity contribution < 1.29 is 36.2 Å². The predicted octanol–water partition coefficient (Wildman–Crippen LogP) is 4.23. The molecule has 0 aliphatic heterocycles. The number of amides is 1. The maximum absolute atomic E-state index is 12.6. The van der Waals surface area contributed by atoms with Gasteiger partial charge in [0, 0.05) is 24.5 Å². The highest BCUT2D eigenvalue weighted by Crippen LogP contribution is 2.37. The number of nitrogens with one attached hydrogen (secondary N) is 1. The number of alkyl halides is 5. The topological polar surface area (TPSA) is 60.5 Å². The SMILES string of the molecule is COc1cc(CNC(=O)c2cccnc2SC(F)(F)F)ccc1OC(F)F. The largest absolute Gasteiger partial charge is 0.493 e. The number of benzene rings is 1. The van der Waals surface area contributed by atoms with Gasteiger partial charge >= 0.3 is 12.1 Å². The number of carbonyl (C=O) groups excluding carboxylic acids is 1. The second-order valence-electron chi connectivity index (χ2n) is 4.95. The molecule has 27 heavy (non-hydrogen) atoms. The van der Waals surface area contributed by atoms with E-state index in [0.717, 1.165) is 6.20 Å². The summed E-state index contributed by atoms with van der Waals surface area (Å²) in [7, 11) is 1.26. The Morgan fingerprint density at radius 2 is 2.00 bits per heavy atom. The van der Waals surface area contributed by atoms with E-state index < -0.39 is 34.8 Å². The van der Waals surface area contributed by atoms with E-state index in [1.54, 1.807) is 0 Å². The Morgan fingerprint density at radius 1 is 1.26 bits per heavy atom. The fourth-order valence-electron chi connectivity index (χ4n) is 2.05. The molecule has 1 N–H and O–H groups in total. The van der Waals surface area contributed by atoms with E-state index in [9.17, 15) is 26.7 Å². The highest BCUT2D eigenvalue weighted by atomic mass is 32.2. The lowest BCUT2D eigenvalue weighted by Crippen LogP contribution is -2.24. The zero-order valence-corrected chi connectivity index (χ0v) is 14.5. The van der Waals surface area contributed by atoms with E-state index in [1.165, 1.54) is 37.4 Å². The lowest BCUT2D eigenvalue weighted by Gasteiger charge is -2.13. The molecule has 2 rings (SSSR count). The third-order valence-electron chi connectivity index (χ3n) is 3.13. The zero-order valence-electron chi connectivity index (χ0n) is 13.7. The monoisotopic (exact) mass is 408 g/mol. The molecule has 0 saturated heterocycles. The number of ether oxygens (including phenoxy) is 2. The first-order valence-corrected chi connectivity index (χ1v) is 8.12. The van der Waals surface area contributed by atoms with Gasteiger partial charge in [-0.3, -0.25) is 4.79 Å². The maximum atomic E-state index is 12.6. The molecule has 0 radical (unpaired) electrons. The van der Waals surface area contributed by atoms with Crippen molar-refractivity contribution in [1.82, 2.24) is 10.3 Å². The number of halogens is 5. The molecule has 0 fully saturated rings. The zero-order chi connectivity index (χ0) is 20.0. The van der Waals surface area contributed by atoms with Gasteiger partial charge in [0.25, 0.3) is 5.91 Å². The quantitative estimate of drug-likeness (QED) is 0.549. The number of pyridine rings is 1. The molecule has 0 spiro atoms. The van der Waals surface area contributed by atoms with Crippen LogP contribution in [0.3, 0.4) is 0 Å². The van der Waals surface area contributed by atoms with E-state index in [-0.39, 0.29) is 23.6 Å². The first-order valence-electron chi connectivity index (χ1n) is 7.30. The van der Waals surface area contributed by atoms with Crippen LogP contribution in [-0.4, -0.2) is 30.1 Å². The number of aromatic nitrogens is 1. The van der Waals surface area contributed by atoms with Crippen LogP contribution in [0.1, 0.15) is 15.9 Å². The van der Waals surface area contributed by atoms with Gasteiger partial charge in [0.1, 0.15) is 5.03 Å². The summed E-state index contributed by atoms with van der Waals surface area (Å²) >= 11 is -0.488. The van der Waals surface area contributed by atoms with Crippen molar-refractivity contribution in [2.24, 2.45) is 0 Å². The van der Waals surface area contributed by atoms with E-state index in [4.69, 9.17) is 4.74 Å². The molecular weight excluding hydrogens is 395 g/mol. The Balaban J connectivity index is 2.10. The van der Waals surface area contributed by atoms with Crippen molar-refractivity contribution in [3.63, 3.8) is 0 Å². The molecule has 0 aliphatic rings. The van der Waals surface area contributed by atoms with Crippen molar-refractivity contribution in [3.8, 4) is 11.5 Å². The third kappa shape index (κ3) is 6.27. The van der Waals surface area contributed by atoms with Gasteiger partial charge in [-0.2, -0.15) is 22.0 Å². The molecule has 11 heteroatoms. The predicted molar refractivity (Wildman–Crippen MR) is 86.9 cm³/mol. The van der Waals surface area contributed by atoms with Crippen LogP contribution in [0.15, 0.2) is 41.6 Å². The number of methoxy groups -OCH3 is 1. The summed E-state index contributed by atoms with van der Waals surface area (Å²) in [5, 5.41) is 1.98. The molecule has 1 aromatic heterocycles. The first-order chi connectivity index (χ1) is 12.7. The van der Waals surface area contributed by atoms with Crippen LogP contribution in [0, 0.1) is 0 Å². The minimum absolute atomic E-state index is 0.0248. The van der Waals surface area contributed by atoms with E-state index in [1.807, 2.05) is 0 Å². The fraction of sp³-hybridized carbons (Fsp3) is 0.250. The average molecular weight is 408 g/mol. The Labute approximate surface area is 154 Å². The molecule has 146 valence electrons. The summed E-state index contributed by atoms with van der Waals surface area (Å²) < 4.78 is 71.5. The summed E-state index contributed by atoms with van der Waals surface area (Å²) in [5.41, 5.74) is -4.35. The van der Waals surface area contributed by atoms with Gasteiger partial charge < -0.3 is 14.8 Å². The fourth-order valence-corrected chi connectivity index (χ4v) is 2.65. The van der Waals surface area contributed by atoms with Gasteiger partial charge in [0.15, 0.2) is 11.5 Å². The van der Waals surface area contributed by atoms with Crippen LogP contribution in [0.2, 0.25) is 0 Å². The van der Waals surface area contributed by atoms with Gasteiger partial charge in [-0.25, -0.2) is 4.98 Å². The highest BCUT2D eigenvalue weighted by molar-refractivity contribution is 8.00. The molecule has 0 bridgehead atoms. The van der Waals surface area contributed by atoms with Crippen molar-refractivity contribution >= 4 is 17.7 Å². The molecule has 0 saturated carbocycles. The second-order valence-corrected chi connectivity index (χ2v) is 6.00. The molecule has 1 aromatic carbocycles. The van der Waals surface area contributed by atoms with Crippen molar-refractivity contribution in [2.75, 3.05) is 7.11 Å². The van der Waals surface area contributed by atoms with Crippen LogP contribution >= 0.6 is 11.8 Å². The summed E-state index contributed by atoms with van der Waals surface area (Å²) in [4.78, 5) is 15.8. The Hall–Kier alpha value is -2.56. The molecular formula is C16H13F5N2O3S. The summed E-state index contributed by atoms with van der Waals surface area (Å²) in [6.45, 7) is -3.10. The van der Waals surface area contributed by atoms with E-state index in [0.29, 0.717) is 5.56 Å². The number of rotatable bonds is 7. The maximum Gasteiger partial charge on any atom is 0.447 e. The van der Waals surface area contributed by atoms with Crippen LogP contribution < -0.4 is 14.8 Å². The van der Waals surface area contributed by atoms with Crippen LogP contribution in [-0.2, 0) is 6.54 Å². The molecule has 0 aliphatic carbocycles. The van der Waals surface area contributed by atoms with Crippen LogP contribution in [0.25, 0.3) is 0 Å². The standard InChI is InChI=1S/C16H13F5N2O3S/c1-25-12-7-9(4-5-11(12)26-15(17)18)8-23-13(24)10-3-2-6-22-14(10)27-16(19,20)21/h2-7,15H,8H2,1H3,(H,23,24). The van der Waals surface area contributed by atoms with Crippen LogP contribution in [0.5, 0.6) is 11.5 Å². The van der Waals surface area contributed by atoms with Gasteiger partial charge in [-0.1, -0.05) is 6.07 Å². The molecule has 0 atom stereocenters. The number of thioether (sulfide) groups is 1. The summed E-state index contributed by atoms with van der Waals surface area (Å²) in [6.07, 6.45) is 1.15. The van der Waals surface area contributed by atoms with Gasteiger partial charge in [0.2, 0.25) is 0 Å². The van der Waals surface area contributed by atoms with Gasteiger partial charge in [0.05, 0.1) is 12.7 Å². The summed E-state index contributed by atoms with van der Waals surface area (Å²) in [5.74, 6) is -0.919. The Kier molecular flexibility index (Phi) is 6.83. The number of hydrogen-bond acceptors (Lipinski definition) is 5. The van der Waals surface area contributed by atoms with Crippen molar-refractivity contribution in [1.29, 1.82) is 0 Å². The van der Waals surface area contributed by atoms with Gasteiger partial charge in [-0.15, -0.1) is 0 Å². The minimum atomic E-state index is -4.59. The molecule has 1 heterocycles. The van der Waals surface area contributed by atoms with Gasteiger partial charge in [-0.05, 0) is 29.8 Å². The number of hydrogen-bond donors (Lipinski definition) is 1. The molecule has 5 nitrogen and oxygen atoms in total. The van der Waals surface area contributed by atoms with Crippen molar-refractivity contribution in [2.45, 2.75) is 23.7 Å². The molecule has 1 amide bonds. The lowest BCUT2D eigenvalue weighted by atomic mass is 10.2. The summed E-state index contributed by atoms with van der Waals surface area (Å²) in [6, 6.07) is 6.58. The minimum Gasteiger partial charge on any atom is -0.493 e. The van der Waals surface area contributed by atoms with E-state index >= 15 is 0 Å². The lowest BCUT2D eigenvalue weighted by molar-refractivity contribution is -0.0512. The normalized spacial score (nSPS) is 11.4. The average Bonchev–Trinajstić information content (AvgIpc) is 2.59. The number of nitrogens with zero attached hydrogens (tertiary/aromatic N) is 1. The number of carbonyl (C=O) groups is 1. The highest BCUT2D eigenvalue weighted by Gasteiger charge is 2.32. The smallest absolute Gasteiger partial charge is 0.447 e. The molecule has 0 unspecified atom stereocenters. The van der Waals surface area contributed by atoms with Crippen LogP contribution in [0.4, 0.5) is 22.0 Å². The first kappa shape index (κ1) is 20.7.